The third-order valence-corrected chi connectivity index (χ3v) is 13.9. The number of carboxylic acids is 2. The summed E-state index contributed by atoms with van der Waals surface area (Å²) < 4.78 is 4.05. The maximum Gasteiger partial charge on any atom is 0.336 e. The third kappa shape index (κ3) is 4.18. The van der Waals surface area contributed by atoms with Crippen molar-refractivity contribution in [1.82, 2.24) is 14.1 Å². The van der Waals surface area contributed by atoms with Crippen LogP contribution in [-0.4, -0.2) is 64.7 Å². The zero-order valence-electron chi connectivity index (χ0n) is 22.5. The molecule has 202 valence electrons. The molecular formula is C30H29N4O4SSi+. The summed E-state index contributed by atoms with van der Waals surface area (Å²) in [4.78, 5) is 32.8. The van der Waals surface area contributed by atoms with E-state index in [-0.39, 0.29) is 12.0 Å². The number of hydrogen-bond acceptors (Lipinski definition) is 5. The lowest BCUT2D eigenvalue weighted by Gasteiger charge is -2.36. The van der Waals surface area contributed by atoms with E-state index in [0.29, 0.717) is 11.3 Å². The van der Waals surface area contributed by atoms with Crippen LogP contribution in [0.1, 0.15) is 27.9 Å². The van der Waals surface area contributed by atoms with Crippen LogP contribution in [0.2, 0.25) is 12.6 Å². The summed E-state index contributed by atoms with van der Waals surface area (Å²) in [6.45, 7) is 2.38. The van der Waals surface area contributed by atoms with Crippen molar-refractivity contribution in [2.45, 2.75) is 19.0 Å². The fourth-order valence-corrected chi connectivity index (χ4v) is 12.0. The second-order valence-electron chi connectivity index (χ2n) is 10.5. The first-order valence-corrected chi connectivity index (χ1v) is 17.0. The van der Waals surface area contributed by atoms with Gasteiger partial charge in [-0.15, -0.1) is 0 Å². The van der Waals surface area contributed by atoms with Crippen LogP contribution in [0.4, 0.5) is 5.69 Å². The molecule has 2 aliphatic heterocycles. The fourth-order valence-electron chi connectivity index (χ4n) is 5.95. The maximum absolute atomic E-state index is 12.4. The van der Waals surface area contributed by atoms with Crippen LogP contribution in [0, 0.1) is 0 Å². The summed E-state index contributed by atoms with van der Waals surface area (Å²) in [6, 6.07) is 16.9. The fraction of sp³-hybridized carbons (Fsp3) is 0.233. The van der Waals surface area contributed by atoms with Gasteiger partial charge in [-0.25, -0.2) is 14.4 Å². The lowest BCUT2D eigenvalue weighted by Crippen LogP contribution is -2.65. The van der Waals surface area contributed by atoms with Gasteiger partial charge in [-0.3, -0.25) is 4.79 Å². The predicted octanol–water partition coefficient (Wildman–Crippen LogP) is 2.03. The summed E-state index contributed by atoms with van der Waals surface area (Å²) in [5, 5.41) is 23.8. The van der Waals surface area contributed by atoms with Gasteiger partial charge in [0.1, 0.15) is 8.07 Å². The number of imidazole rings is 1. The first kappa shape index (κ1) is 26.2. The Morgan fingerprint density at radius 1 is 1.05 bits per heavy atom. The van der Waals surface area contributed by atoms with Crippen molar-refractivity contribution < 1.29 is 19.8 Å². The van der Waals surface area contributed by atoms with Gasteiger partial charge < -0.3 is 14.8 Å². The van der Waals surface area contributed by atoms with E-state index in [0.717, 1.165) is 50.2 Å². The minimum atomic E-state index is -2.42. The van der Waals surface area contributed by atoms with E-state index in [1.54, 1.807) is 23.9 Å². The zero-order valence-corrected chi connectivity index (χ0v) is 24.3. The lowest BCUT2D eigenvalue weighted by molar-refractivity contribution is -0.136. The first-order chi connectivity index (χ1) is 19.2. The van der Waals surface area contributed by atoms with Crippen molar-refractivity contribution in [3.05, 3.63) is 82.1 Å². The largest absolute Gasteiger partial charge is 0.481 e. The summed E-state index contributed by atoms with van der Waals surface area (Å²) in [7, 11) is 1.56. The molecule has 3 heterocycles. The number of thioether (sulfide) groups is 1. The van der Waals surface area contributed by atoms with Crippen LogP contribution in [0.25, 0.3) is 16.6 Å². The number of aromatic nitrogens is 2. The number of aliphatic carboxylic acids is 1. The quantitative estimate of drug-likeness (QED) is 0.191. The minimum Gasteiger partial charge on any atom is -0.481 e. The lowest BCUT2D eigenvalue weighted by atomic mass is 9.91. The molecule has 0 saturated heterocycles. The number of hydrogen-bond donors (Lipinski definition) is 2. The van der Waals surface area contributed by atoms with Crippen molar-refractivity contribution in [1.29, 1.82) is 0 Å². The van der Waals surface area contributed by atoms with Gasteiger partial charge in [0.05, 0.1) is 36.4 Å². The molecule has 0 radical (unpaired) electrons. The van der Waals surface area contributed by atoms with Gasteiger partial charge in [-0.2, -0.15) is 11.8 Å². The smallest absolute Gasteiger partial charge is 0.336 e. The number of carboxylic acid groups (broad SMARTS) is 2. The van der Waals surface area contributed by atoms with Gasteiger partial charge in [0.25, 0.3) is 6.34 Å². The van der Waals surface area contributed by atoms with Crippen LogP contribution >= 0.6 is 11.8 Å². The van der Waals surface area contributed by atoms with Crippen LogP contribution in [0.3, 0.4) is 0 Å². The van der Waals surface area contributed by atoms with Crippen molar-refractivity contribution >= 4 is 70.8 Å². The SMILES string of the molecule is Cn1cnc2cc3c(cc21)[Si](C)(CCSCCC(=O)O)c1cc2c(cc1=C3c1ccccc1C(=O)O)N=C[N+]=2C. The van der Waals surface area contributed by atoms with Gasteiger partial charge in [-0.05, 0) is 73.3 Å². The molecule has 0 fully saturated rings. The molecule has 4 aromatic rings. The summed E-state index contributed by atoms with van der Waals surface area (Å²) >= 11 is 1.68. The number of aryl methyl sites for hydroxylation is 1. The van der Waals surface area contributed by atoms with Crippen molar-refractivity contribution in [3.8, 4) is 0 Å². The van der Waals surface area contributed by atoms with E-state index in [1.807, 2.05) is 48.0 Å². The molecule has 10 heteroatoms. The Balaban J connectivity index is 1.69. The van der Waals surface area contributed by atoms with Crippen LogP contribution in [0.5, 0.6) is 0 Å². The average molecular weight is 570 g/mol. The van der Waals surface area contributed by atoms with E-state index in [4.69, 9.17) is 5.11 Å². The number of fused-ring (bicyclic) bond motifs is 4. The topological polar surface area (TPSA) is 108 Å². The van der Waals surface area contributed by atoms with E-state index in [1.165, 1.54) is 10.4 Å². The molecule has 1 atom stereocenters. The highest BCUT2D eigenvalue weighted by molar-refractivity contribution is 7.99. The van der Waals surface area contributed by atoms with Crippen LogP contribution < -0.4 is 25.5 Å². The number of rotatable bonds is 8. The van der Waals surface area contributed by atoms with Gasteiger partial charge in [-0.1, -0.05) is 24.7 Å². The Morgan fingerprint density at radius 3 is 2.62 bits per heavy atom. The van der Waals surface area contributed by atoms with Crippen LogP contribution in [0.15, 0.2) is 59.9 Å². The van der Waals surface area contributed by atoms with E-state index >= 15 is 0 Å². The Hall–Kier alpha value is -4.02. The number of carbonyl (C=O) groups is 2. The summed E-state index contributed by atoms with van der Waals surface area (Å²) in [6.07, 6.45) is 3.77. The highest BCUT2D eigenvalue weighted by Crippen LogP contribution is 2.31. The zero-order chi connectivity index (χ0) is 28.2. The monoisotopic (exact) mass is 569 g/mol. The van der Waals surface area contributed by atoms with Gasteiger partial charge in [0.15, 0.2) is 5.36 Å². The molecule has 6 rings (SSSR count). The molecular weight excluding hydrogens is 541 g/mol. The molecule has 8 nitrogen and oxygen atoms in total. The van der Waals surface area contributed by atoms with Crippen molar-refractivity contribution in [2.24, 2.45) is 12.0 Å². The first-order valence-electron chi connectivity index (χ1n) is 13.1. The molecule has 1 unspecified atom stereocenters. The molecule has 0 spiro atoms. The molecule has 1 aromatic heterocycles. The Labute approximate surface area is 236 Å². The van der Waals surface area contributed by atoms with E-state index in [2.05, 4.69) is 40.8 Å². The highest BCUT2D eigenvalue weighted by atomic mass is 32.2. The van der Waals surface area contributed by atoms with Crippen molar-refractivity contribution in [3.63, 3.8) is 0 Å². The molecule has 0 aliphatic carbocycles. The molecule has 2 aliphatic rings. The van der Waals surface area contributed by atoms with Crippen molar-refractivity contribution in [2.75, 3.05) is 18.6 Å². The Bertz CT molecular complexity index is 1900. The van der Waals surface area contributed by atoms with E-state index in [9.17, 15) is 14.7 Å². The molecule has 3 aromatic carbocycles. The molecule has 40 heavy (non-hydrogen) atoms. The summed E-state index contributed by atoms with van der Waals surface area (Å²) in [5.74, 6) is -0.338. The maximum atomic E-state index is 12.4. The summed E-state index contributed by atoms with van der Waals surface area (Å²) in [5.41, 5.74) is 5.61. The minimum absolute atomic E-state index is 0.144. The molecule has 2 N–H and O–H groups in total. The molecule has 0 bridgehead atoms. The van der Waals surface area contributed by atoms with Gasteiger partial charge in [0, 0.05) is 18.9 Å². The number of aliphatic imine (C=N–C) groups is 1. The van der Waals surface area contributed by atoms with Gasteiger partial charge >= 0.3 is 11.9 Å². The Kier molecular flexibility index (Phi) is 6.46. The van der Waals surface area contributed by atoms with E-state index < -0.39 is 20.0 Å². The predicted molar refractivity (Wildman–Crippen MR) is 162 cm³/mol. The molecule has 0 saturated carbocycles. The average Bonchev–Trinajstić information content (AvgIpc) is 3.48. The Morgan fingerprint density at radius 2 is 1.85 bits per heavy atom. The number of aromatic carboxylic acids is 1. The number of nitrogens with zero attached hydrogens (tertiary/aromatic N) is 4. The second-order valence-corrected chi connectivity index (χ2v) is 16.0. The highest BCUT2D eigenvalue weighted by Gasteiger charge is 2.41. The normalized spacial score (nSPS) is 17.2. The number of benzene rings is 3. The van der Waals surface area contributed by atoms with Gasteiger partial charge in [0.2, 0.25) is 5.69 Å². The van der Waals surface area contributed by atoms with Crippen LogP contribution in [-0.2, 0) is 11.8 Å². The standard InChI is InChI=1S/C30H28N4O4SSi/c1-33-16-31-22-12-20-26(14-24(22)33)40(3,11-10-39-9-8-28(35)36)27-15-25-23(32-17-34(25)2)13-21(27)29(20)18-6-4-5-7-19(18)30(37)38/h4-7,12-17H,8-11H2,1-3H3,(H-,35,36,37,38)/p+1. The third-order valence-electron chi connectivity index (χ3n) is 8.09. The second kappa shape index (κ2) is 9.87. The molecule has 0 amide bonds.